The van der Waals surface area contributed by atoms with Crippen molar-refractivity contribution in [2.75, 3.05) is 17.7 Å². The van der Waals surface area contributed by atoms with E-state index in [1.54, 1.807) is 42.2 Å². The van der Waals surface area contributed by atoms with Crippen LogP contribution < -0.4 is 16.0 Å². The number of halogens is 2. The van der Waals surface area contributed by atoms with Gasteiger partial charge in [-0.25, -0.2) is 9.37 Å². The number of rotatable bonds is 7. The van der Waals surface area contributed by atoms with Gasteiger partial charge in [0.25, 0.3) is 0 Å². The number of nitrogens with one attached hydrogen (secondary N) is 3. The van der Waals surface area contributed by atoms with Gasteiger partial charge in [0.05, 0.1) is 24.5 Å². The van der Waals surface area contributed by atoms with Gasteiger partial charge in [0, 0.05) is 35.3 Å². The number of fused-ring (bicyclic) bond motifs is 1. The van der Waals surface area contributed by atoms with Crippen molar-refractivity contribution in [3.63, 3.8) is 0 Å². The summed E-state index contributed by atoms with van der Waals surface area (Å²) in [5.74, 6) is -0.334. The number of aryl methyl sites for hydroxylation is 1. The Morgan fingerprint density at radius 3 is 2.65 bits per heavy atom. The molecule has 10 heteroatoms. The first kappa shape index (κ1) is 20.5. The van der Waals surface area contributed by atoms with Crippen LogP contribution in [0.5, 0.6) is 0 Å². The Morgan fingerprint density at radius 2 is 1.87 bits per heavy atom. The fourth-order valence-electron chi connectivity index (χ4n) is 2.99. The smallest absolute Gasteiger partial charge is 0.229 e. The second kappa shape index (κ2) is 8.97. The molecule has 0 saturated heterocycles. The van der Waals surface area contributed by atoms with Gasteiger partial charge >= 0.3 is 0 Å². The summed E-state index contributed by atoms with van der Waals surface area (Å²) in [6.07, 6.45) is 3.17. The van der Waals surface area contributed by atoms with Gasteiger partial charge in [-0.15, -0.1) is 0 Å². The summed E-state index contributed by atoms with van der Waals surface area (Å²) in [6.45, 7) is 0.483. The minimum atomic E-state index is -0.576. The lowest BCUT2D eigenvalue weighted by atomic mass is 10.2. The molecule has 4 rings (SSSR count). The van der Waals surface area contributed by atoms with Crippen LogP contribution in [0.1, 0.15) is 6.42 Å². The molecule has 158 valence electrons. The molecule has 31 heavy (non-hydrogen) atoms. The number of amides is 1. The largest absolute Gasteiger partial charge is 0.359 e. The molecule has 0 fully saturated rings. The number of benzene rings is 2. The van der Waals surface area contributed by atoms with Crippen LogP contribution in [0, 0.1) is 5.82 Å². The molecular weight excluding hydrogens is 421 g/mol. The highest BCUT2D eigenvalue weighted by Crippen LogP contribution is 2.24. The Kier molecular flexibility index (Phi) is 5.94. The van der Waals surface area contributed by atoms with E-state index in [9.17, 15) is 9.18 Å². The first-order valence-electron chi connectivity index (χ1n) is 9.50. The minimum Gasteiger partial charge on any atom is -0.359 e. The predicted molar refractivity (Wildman–Crippen MR) is 118 cm³/mol. The van der Waals surface area contributed by atoms with E-state index >= 15 is 0 Å². The number of hydrogen-bond acceptors (Lipinski definition) is 6. The van der Waals surface area contributed by atoms with Gasteiger partial charge in [0.2, 0.25) is 11.9 Å². The van der Waals surface area contributed by atoms with Gasteiger partial charge in [-0.05, 0) is 42.5 Å². The Hall–Kier alpha value is -3.72. The van der Waals surface area contributed by atoms with Gasteiger partial charge in [-0.2, -0.15) is 10.1 Å². The number of anilines is 4. The van der Waals surface area contributed by atoms with Crippen LogP contribution in [-0.4, -0.2) is 32.7 Å². The second-order valence-corrected chi connectivity index (χ2v) is 7.15. The summed E-state index contributed by atoms with van der Waals surface area (Å²) in [7, 11) is 1.61. The molecule has 2 aromatic heterocycles. The average molecular weight is 440 g/mol. The molecular formula is C21H19ClFN7O. The maximum absolute atomic E-state index is 14.2. The second-order valence-electron chi connectivity index (χ2n) is 6.71. The molecule has 1 amide bonds. The van der Waals surface area contributed by atoms with E-state index in [0.29, 0.717) is 23.7 Å². The fourth-order valence-corrected chi connectivity index (χ4v) is 3.12. The van der Waals surface area contributed by atoms with Crippen LogP contribution in [0.25, 0.3) is 10.9 Å². The summed E-state index contributed by atoms with van der Waals surface area (Å²) < 4.78 is 15.9. The van der Waals surface area contributed by atoms with E-state index in [2.05, 4.69) is 31.0 Å². The SMILES string of the molecule is CNC(=O)CCn1ncc2cc(Nc3ncc(F)c(Nc4ccc(Cl)cc4)n3)ccc21. The van der Waals surface area contributed by atoms with Crippen molar-refractivity contribution in [2.45, 2.75) is 13.0 Å². The van der Waals surface area contributed by atoms with E-state index in [-0.39, 0.29) is 17.7 Å². The molecule has 0 aliphatic heterocycles. The number of aromatic nitrogens is 4. The average Bonchev–Trinajstić information content (AvgIpc) is 3.18. The van der Waals surface area contributed by atoms with Crippen molar-refractivity contribution in [3.8, 4) is 0 Å². The summed E-state index contributed by atoms with van der Waals surface area (Å²) in [4.78, 5) is 19.7. The van der Waals surface area contributed by atoms with Crippen LogP contribution in [0.4, 0.5) is 27.5 Å². The van der Waals surface area contributed by atoms with Crippen LogP contribution in [0.15, 0.2) is 54.9 Å². The minimum absolute atomic E-state index is 0.0431. The lowest BCUT2D eigenvalue weighted by molar-refractivity contribution is -0.120. The number of hydrogen-bond donors (Lipinski definition) is 3. The third-order valence-electron chi connectivity index (χ3n) is 4.58. The Morgan fingerprint density at radius 1 is 1.10 bits per heavy atom. The first-order valence-corrected chi connectivity index (χ1v) is 9.88. The maximum atomic E-state index is 14.2. The first-order chi connectivity index (χ1) is 15.0. The Balaban J connectivity index is 1.50. The topological polar surface area (TPSA) is 96.8 Å². The molecule has 0 atom stereocenters. The number of nitrogens with zero attached hydrogens (tertiary/aromatic N) is 4. The molecule has 0 saturated carbocycles. The van der Waals surface area contributed by atoms with Crippen molar-refractivity contribution in [2.24, 2.45) is 0 Å². The number of carbonyl (C=O) groups is 1. The molecule has 3 N–H and O–H groups in total. The van der Waals surface area contributed by atoms with Crippen molar-refractivity contribution in [1.29, 1.82) is 0 Å². The highest BCUT2D eigenvalue weighted by Gasteiger charge is 2.10. The van der Waals surface area contributed by atoms with E-state index in [0.717, 1.165) is 22.8 Å². The van der Waals surface area contributed by atoms with Gasteiger partial charge in [0.15, 0.2) is 11.6 Å². The highest BCUT2D eigenvalue weighted by molar-refractivity contribution is 6.30. The van der Waals surface area contributed by atoms with Crippen LogP contribution >= 0.6 is 11.6 Å². The quantitative estimate of drug-likeness (QED) is 0.398. The molecule has 0 radical (unpaired) electrons. The van der Waals surface area contributed by atoms with E-state index < -0.39 is 5.82 Å². The third-order valence-corrected chi connectivity index (χ3v) is 4.83. The number of carbonyl (C=O) groups excluding carboxylic acids is 1. The molecule has 2 heterocycles. The summed E-state index contributed by atoms with van der Waals surface area (Å²) in [5.41, 5.74) is 2.28. The molecule has 0 spiro atoms. The molecule has 4 aromatic rings. The zero-order valence-electron chi connectivity index (χ0n) is 16.6. The van der Waals surface area contributed by atoms with Crippen molar-refractivity contribution < 1.29 is 9.18 Å². The molecule has 2 aromatic carbocycles. The third kappa shape index (κ3) is 4.89. The van der Waals surface area contributed by atoms with Gasteiger partial charge < -0.3 is 16.0 Å². The molecule has 8 nitrogen and oxygen atoms in total. The lowest BCUT2D eigenvalue weighted by Gasteiger charge is -2.10. The van der Waals surface area contributed by atoms with Crippen molar-refractivity contribution in [1.82, 2.24) is 25.1 Å². The van der Waals surface area contributed by atoms with Crippen molar-refractivity contribution >= 4 is 51.6 Å². The molecule has 0 aliphatic rings. The van der Waals surface area contributed by atoms with E-state index in [1.165, 1.54) is 0 Å². The molecule has 0 bridgehead atoms. The van der Waals surface area contributed by atoms with E-state index in [1.807, 2.05) is 18.2 Å². The molecule has 0 unspecified atom stereocenters. The lowest BCUT2D eigenvalue weighted by Crippen LogP contribution is -2.19. The van der Waals surface area contributed by atoms with Crippen LogP contribution in [0.2, 0.25) is 5.02 Å². The van der Waals surface area contributed by atoms with Crippen LogP contribution in [0.3, 0.4) is 0 Å². The highest BCUT2D eigenvalue weighted by atomic mass is 35.5. The zero-order chi connectivity index (χ0) is 21.8. The summed E-state index contributed by atoms with van der Waals surface area (Å²) in [6, 6.07) is 12.5. The van der Waals surface area contributed by atoms with Crippen molar-refractivity contribution in [3.05, 3.63) is 65.7 Å². The predicted octanol–water partition coefficient (Wildman–Crippen LogP) is 4.24. The normalized spacial score (nSPS) is 10.8. The Bertz CT molecular complexity index is 1230. The van der Waals surface area contributed by atoms with Gasteiger partial charge in [0.1, 0.15) is 0 Å². The van der Waals surface area contributed by atoms with Gasteiger partial charge in [-0.1, -0.05) is 11.6 Å². The van der Waals surface area contributed by atoms with Gasteiger partial charge in [-0.3, -0.25) is 9.48 Å². The monoisotopic (exact) mass is 439 g/mol. The van der Waals surface area contributed by atoms with E-state index in [4.69, 9.17) is 11.6 Å². The molecule has 0 aliphatic carbocycles. The summed E-state index contributed by atoms with van der Waals surface area (Å²) >= 11 is 5.88. The zero-order valence-corrected chi connectivity index (χ0v) is 17.3. The standard InChI is InChI=1S/C21H19ClFN7O/c1-24-19(31)8-9-30-18-7-6-16(10-13(18)11-26-30)28-21-25-12-17(23)20(29-21)27-15-4-2-14(22)3-5-15/h2-7,10-12H,8-9H2,1H3,(H,24,31)(H2,25,27,28,29). The maximum Gasteiger partial charge on any atom is 0.229 e. The Labute approximate surface area is 182 Å². The summed E-state index contributed by atoms with van der Waals surface area (Å²) in [5, 5.41) is 14.4. The fraction of sp³-hybridized carbons (Fsp3) is 0.143. The van der Waals surface area contributed by atoms with Crippen LogP contribution in [-0.2, 0) is 11.3 Å².